The van der Waals surface area contributed by atoms with E-state index in [4.69, 9.17) is 27.9 Å². The smallest absolute Gasteiger partial charge is 0.330 e. The molecule has 162 valence electrons. The van der Waals surface area contributed by atoms with Crippen LogP contribution in [0.1, 0.15) is 36.2 Å². The van der Waals surface area contributed by atoms with Gasteiger partial charge in [-0.3, -0.25) is 14.3 Å². The average molecular weight is 459 g/mol. The molecule has 0 bridgehead atoms. The zero-order valence-corrected chi connectivity index (χ0v) is 19.0. The van der Waals surface area contributed by atoms with Gasteiger partial charge in [-0.25, -0.2) is 4.79 Å². The number of halogens is 2. The summed E-state index contributed by atoms with van der Waals surface area (Å²) in [6.45, 7) is 4.22. The Kier molecular flexibility index (Phi) is 7.91. The Balaban J connectivity index is 1.86. The number of aromatic nitrogens is 2. The Morgan fingerprint density at radius 1 is 1.10 bits per heavy atom. The summed E-state index contributed by atoms with van der Waals surface area (Å²) in [4.78, 5) is 27.4. The fourth-order valence-corrected chi connectivity index (χ4v) is 4.01. The van der Waals surface area contributed by atoms with Crippen LogP contribution in [0.25, 0.3) is 6.08 Å². The summed E-state index contributed by atoms with van der Waals surface area (Å²) in [5, 5.41) is 0.995. The molecule has 1 aromatic heterocycles. The molecule has 3 rings (SSSR count). The van der Waals surface area contributed by atoms with E-state index in [-0.39, 0.29) is 12.3 Å². The fraction of sp³-hybridized carbons (Fsp3) is 0.250. The number of hydrogen-bond acceptors (Lipinski definition) is 3. The predicted molar refractivity (Wildman–Crippen MR) is 126 cm³/mol. The maximum absolute atomic E-state index is 12.6. The molecule has 0 aliphatic rings. The predicted octanol–water partition coefficient (Wildman–Crippen LogP) is 5.07. The third-order valence-electron chi connectivity index (χ3n) is 4.82. The third kappa shape index (κ3) is 6.20. The molecule has 1 heterocycles. The van der Waals surface area contributed by atoms with Crippen LogP contribution in [-0.2, 0) is 24.3 Å². The number of rotatable bonds is 8. The van der Waals surface area contributed by atoms with Gasteiger partial charge in [0.25, 0.3) is 5.56 Å². The summed E-state index contributed by atoms with van der Waals surface area (Å²) in [6.07, 6.45) is 2.85. The van der Waals surface area contributed by atoms with Gasteiger partial charge in [0, 0.05) is 27.7 Å². The minimum Gasteiger partial charge on any atom is -0.356 e. The molecule has 0 unspecified atom stereocenters. The van der Waals surface area contributed by atoms with Gasteiger partial charge in [-0.2, -0.15) is 0 Å². The lowest BCUT2D eigenvalue weighted by atomic mass is 10.0. The average Bonchev–Trinajstić information content (AvgIpc) is 2.70. The van der Waals surface area contributed by atoms with E-state index in [0.29, 0.717) is 40.8 Å². The largest absolute Gasteiger partial charge is 0.356 e. The second-order valence-electron chi connectivity index (χ2n) is 7.30. The number of nitrogens with one attached hydrogen (secondary N) is 1. The molecule has 7 heteroatoms. The Morgan fingerprint density at radius 2 is 1.77 bits per heavy atom. The molecule has 3 aromatic rings. The van der Waals surface area contributed by atoms with E-state index in [1.54, 1.807) is 18.2 Å². The van der Waals surface area contributed by atoms with Gasteiger partial charge in [-0.1, -0.05) is 66.5 Å². The van der Waals surface area contributed by atoms with Crippen molar-refractivity contribution < 1.29 is 4.74 Å². The second-order valence-corrected chi connectivity index (χ2v) is 8.17. The van der Waals surface area contributed by atoms with E-state index in [0.717, 1.165) is 16.7 Å². The Bertz CT molecular complexity index is 1180. The molecule has 0 atom stereocenters. The van der Waals surface area contributed by atoms with Crippen molar-refractivity contribution in [3.05, 3.63) is 107 Å². The zero-order valence-electron chi connectivity index (χ0n) is 17.5. The van der Waals surface area contributed by atoms with Gasteiger partial charge in [0.15, 0.2) is 0 Å². The van der Waals surface area contributed by atoms with Crippen LogP contribution >= 0.6 is 23.2 Å². The maximum Gasteiger partial charge on any atom is 0.330 e. The standard InChI is InChI=1S/C24H24Cl2N2O3/c1-3-21-22(12-18-10-19(25)13-20(26)11-18)28(24(30)27-23(21)29)15-31-14-16(2)9-17-7-5-4-6-8-17/h4-11,13H,3,12,14-15H2,1-2H3,(H,27,29,30)/b16-9+. The summed E-state index contributed by atoms with van der Waals surface area (Å²) in [5.74, 6) is 0. The first-order chi connectivity index (χ1) is 14.9. The number of aromatic amines is 1. The number of hydrogen-bond donors (Lipinski definition) is 1. The van der Waals surface area contributed by atoms with Crippen molar-refractivity contribution >= 4 is 29.3 Å². The number of H-pyrrole nitrogens is 1. The summed E-state index contributed by atoms with van der Waals surface area (Å²) < 4.78 is 7.28. The highest BCUT2D eigenvalue weighted by Crippen LogP contribution is 2.21. The minimum atomic E-state index is -0.505. The summed E-state index contributed by atoms with van der Waals surface area (Å²) in [7, 11) is 0. The van der Waals surface area contributed by atoms with Gasteiger partial charge in [0.2, 0.25) is 0 Å². The minimum absolute atomic E-state index is 0.0201. The first kappa shape index (κ1) is 23.1. The first-order valence-electron chi connectivity index (χ1n) is 9.97. The normalized spacial score (nSPS) is 11.7. The van der Waals surface area contributed by atoms with Gasteiger partial charge in [-0.05, 0) is 48.2 Å². The van der Waals surface area contributed by atoms with E-state index in [1.165, 1.54) is 4.57 Å². The fourth-order valence-electron chi connectivity index (χ4n) is 3.44. The summed E-state index contributed by atoms with van der Waals surface area (Å²) >= 11 is 12.3. The molecule has 0 aliphatic heterocycles. The second kappa shape index (κ2) is 10.6. The summed E-state index contributed by atoms with van der Waals surface area (Å²) in [5.41, 5.74) is 3.16. The molecule has 2 aromatic carbocycles. The monoisotopic (exact) mass is 458 g/mol. The van der Waals surface area contributed by atoms with Crippen LogP contribution in [0.5, 0.6) is 0 Å². The highest BCUT2D eigenvalue weighted by molar-refractivity contribution is 6.34. The summed E-state index contributed by atoms with van der Waals surface area (Å²) in [6, 6.07) is 15.1. The van der Waals surface area contributed by atoms with Crippen molar-refractivity contribution in [1.29, 1.82) is 0 Å². The highest BCUT2D eigenvalue weighted by Gasteiger charge is 2.15. The number of benzene rings is 2. The van der Waals surface area contributed by atoms with E-state index < -0.39 is 5.69 Å². The van der Waals surface area contributed by atoms with Crippen molar-refractivity contribution in [3.63, 3.8) is 0 Å². The molecule has 0 aliphatic carbocycles. The molecule has 5 nitrogen and oxygen atoms in total. The van der Waals surface area contributed by atoms with Gasteiger partial charge in [0.1, 0.15) is 6.73 Å². The Labute approximate surface area is 190 Å². The lowest BCUT2D eigenvalue weighted by molar-refractivity contribution is 0.0897. The molecular weight excluding hydrogens is 435 g/mol. The van der Waals surface area contributed by atoms with Crippen molar-refractivity contribution in [1.82, 2.24) is 9.55 Å². The van der Waals surface area contributed by atoms with E-state index in [1.807, 2.05) is 50.3 Å². The van der Waals surface area contributed by atoms with Crippen LogP contribution in [0.4, 0.5) is 0 Å². The molecule has 0 saturated carbocycles. The van der Waals surface area contributed by atoms with Crippen LogP contribution in [0.15, 0.2) is 63.7 Å². The molecule has 0 fully saturated rings. The molecule has 31 heavy (non-hydrogen) atoms. The molecule has 0 amide bonds. The van der Waals surface area contributed by atoms with Crippen LogP contribution in [0, 0.1) is 0 Å². The number of nitrogens with zero attached hydrogens (tertiary/aromatic N) is 1. The lowest BCUT2D eigenvalue weighted by Gasteiger charge is -2.16. The van der Waals surface area contributed by atoms with E-state index in [2.05, 4.69) is 4.98 Å². The Morgan fingerprint density at radius 3 is 2.42 bits per heavy atom. The Hall–Kier alpha value is -2.60. The molecular formula is C24H24Cl2N2O3. The quantitative estimate of drug-likeness (QED) is 0.512. The molecule has 0 saturated heterocycles. The van der Waals surface area contributed by atoms with Crippen LogP contribution in [0.3, 0.4) is 0 Å². The molecule has 0 radical (unpaired) electrons. The van der Waals surface area contributed by atoms with Gasteiger partial charge < -0.3 is 4.74 Å². The van der Waals surface area contributed by atoms with Crippen molar-refractivity contribution in [2.75, 3.05) is 6.61 Å². The zero-order chi connectivity index (χ0) is 22.4. The topological polar surface area (TPSA) is 64.1 Å². The van der Waals surface area contributed by atoms with Crippen LogP contribution in [0.2, 0.25) is 10.0 Å². The first-order valence-corrected chi connectivity index (χ1v) is 10.7. The van der Waals surface area contributed by atoms with Crippen molar-refractivity contribution in [2.45, 2.75) is 33.4 Å². The third-order valence-corrected chi connectivity index (χ3v) is 5.26. The van der Waals surface area contributed by atoms with E-state index >= 15 is 0 Å². The van der Waals surface area contributed by atoms with Gasteiger partial charge in [-0.15, -0.1) is 0 Å². The van der Waals surface area contributed by atoms with Gasteiger partial charge in [0.05, 0.1) is 6.61 Å². The molecule has 0 spiro atoms. The van der Waals surface area contributed by atoms with Gasteiger partial charge >= 0.3 is 5.69 Å². The van der Waals surface area contributed by atoms with Crippen LogP contribution < -0.4 is 11.2 Å². The van der Waals surface area contributed by atoms with Crippen molar-refractivity contribution in [3.8, 4) is 0 Å². The SMILES string of the molecule is CCc1c(Cc2cc(Cl)cc(Cl)c2)n(COC/C(C)=C/c2ccccc2)c(=O)[nH]c1=O. The highest BCUT2D eigenvalue weighted by atomic mass is 35.5. The van der Waals surface area contributed by atoms with Crippen molar-refractivity contribution in [2.24, 2.45) is 0 Å². The maximum atomic E-state index is 12.6. The molecule has 1 N–H and O–H groups in total. The van der Waals surface area contributed by atoms with E-state index in [9.17, 15) is 9.59 Å². The number of ether oxygens (including phenoxy) is 1. The lowest BCUT2D eigenvalue weighted by Crippen LogP contribution is -2.36. The van der Waals surface area contributed by atoms with Crippen LogP contribution in [-0.4, -0.2) is 16.2 Å².